The number of esters is 1. The first-order valence-corrected chi connectivity index (χ1v) is 10.8. The summed E-state index contributed by atoms with van der Waals surface area (Å²) in [6.45, 7) is 4.77. The molecule has 2 aromatic carbocycles. The van der Waals surface area contributed by atoms with E-state index in [0.29, 0.717) is 30.3 Å². The molecule has 0 amide bonds. The van der Waals surface area contributed by atoms with Crippen molar-refractivity contribution in [3.05, 3.63) is 64.5 Å². The number of hydrogen-bond acceptors (Lipinski definition) is 7. The molecular weight excluding hydrogens is 444 g/mol. The van der Waals surface area contributed by atoms with Crippen LogP contribution in [-0.2, 0) is 16.1 Å². The lowest BCUT2D eigenvalue weighted by atomic mass is 9.94. The van der Waals surface area contributed by atoms with E-state index < -0.39 is 6.61 Å². The third-order valence-corrected chi connectivity index (χ3v) is 5.70. The Bertz CT molecular complexity index is 1210. The number of aromatic nitrogens is 2. The van der Waals surface area contributed by atoms with E-state index in [9.17, 15) is 13.6 Å². The van der Waals surface area contributed by atoms with Gasteiger partial charge in [0.15, 0.2) is 6.10 Å². The van der Waals surface area contributed by atoms with Crippen LogP contribution < -0.4 is 14.8 Å². The lowest BCUT2D eigenvalue weighted by Gasteiger charge is -2.16. The number of ether oxygens (including phenoxy) is 3. The first-order valence-electron chi connectivity index (χ1n) is 10.8. The third kappa shape index (κ3) is 4.93. The SMILES string of the molecule is CC(=O)O[C@@H]1COc2cc(NCc3cccc(-c4c(C)nc(OC(F)F)nc4C)c3C)ccc21. The van der Waals surface area contributed by atoms with E-state index in [1.54, 1.807) is 13.8 Å². The number of nitrogens with zero attached hydrogens (tertiary/aromatic N) is 2. The van der Waals surface area contributed by atoms with Crippen molar-refractivity contribution in [1.29, 1.82) is 0 Å². The van der Waals surface area contributed by atoms with Gasteiger partial charge in [-0.2, -0.15) is 18.7 Å². The average molecular weight is 469 g/mol. The van der Waals surface area contributed by atoms with Gasteiger partial charge in [0.1, 0.15) is 12.4 Å². The number of halogens is 2. The van der Waals surface area contributed by atoms with E-state index >= 15 is 0 Å². The zero-order valence-corrected chi connectivity index (χ0v) is 19.3. The van der Waals surface area contributed by atoms with Crippen LogP contribution in [0.4, 0.5) is 14.5 Å². The maximum absolute atomic E-state index is 12.6. The normalized spacial score (nSPS) is 14.5. The summed E-state index contributed by atoms with van der Waals surface area (Å²) in [5, 5.41) is 3.40. The molecule has 0 saturated carbocycles. The van der Waals surface area contributed by atoms with Crippen LogP contribution in [0.15, 0.2) is 36.4 Å². The van der Waals surface area contributed by atoms with Gasteiger partial charge in [0.05, 0.1) is 11.4 Å². The molecule has 1 N–H and O–H groups in total. The van der Waals surface area contributed by atoms with E-state index in [-0.39, 0.29) is 18.1 Å². The molecule has 0 spiro atoms. The second kappa shape index (κ2) is 9.62. The minimum absolute atomic E-state index is 0.307. The fourth-order valence-electron chi connectivity index (χ4n) is 4.14. The number of rotatable bonds is 7. The summed E-state index contributed by atoms with van der Waals surface area (Å²) in [5.41, 5.74) is 6.66. The Morgan fingerprint density at radius 2 is 1.91 bits per heavy atom. The van der Waals surface area contributed by atoms with Crippen LogP contribution in [0.25, 0.3) is 11.1 Å². The van der Waals surface area contributed by atoms with Crippen molar-refractivity contribution in [2.75, 3.05) is 11.9 Å². The van der Waals surface area contributed by atoms with Crippen molar-refractivity contribution in [1.82, 2.24) is 9.97 Å². The van der Waals surface area contributed by atoms with Crippen molar-refractivity contribution in [3.8, 4) is 22.9 Å². The van der Waals surface area contributed by atoms with Crippen LogP contribution in [0.5, 0.6) is 11.8 Å². The zero-order chi connectivity index (χ0) is 24.4. The molecule has 1 aliphatic rings. The standard InChI is InChI=1S/C25H25F2N3O4/c1-13-17(11-28-18-8-9-20-21(10-18)32-12-22(20)33-16(4)31)6-5-7-19(13)23-14(2)29-25(30-15(23)3)34-24(26)27/h5-10,22,24,28H,11-12H2,1-4H3/t22-/m1/s1. The van der Waals surface area contributed by atoms with Gasteiger partial charge in [-0.05, 0) is 49.6 Å². The number of nitrogens with one attached hydrogen (secondary N) is 1. The van der Waals surface area contributed by atoms with E-state index in [4.69, 9.17) is 9.47 Å². The molecule has 4 rings (SSSR count). The van der Waals surface area contributed by atoms with Crippen molar-refractivity contribution in [2.45, 2.75) is 47.0 Å². The first-order chi connectivity index (χ1) is 16.2. The molecule has 0 unspecified atom stereocenters. The van der Waals surface area contributed by atoms with Gasteiger partial charge in [-0.1, -0.05) is 18.2 Å². The van der Waals surface area contributed by atoms with Crippen LogP contribution in [0.3, 0.4) is 0 Å². The highest BCUT2D eigenvalue weighted by Crippen LogP contribution is 2.37. The zero-order valence-electron chi connectivity index (χ0n) is 19.3. The largest absolute Gasteiger partial charge is 0.489 e. The molecule has 2 heterocycles. The Morgan fingerprint density at radius 1 is 1.18 bits per heavy atom. The Kier molecular flexibility index (Phi) is 6.63. The van der Waals surface area contributed by atoms with Crippen LogP contribution in [0.2, 0.25) is 0 Å². The number of hydrogen-bond donors (Lipinski definition) is 1. The minimum atomic E-state index is -2.97. The molecule has 0 fully saturated rings. The maximum Gasteiger partial charge on any atom is 0.389 e. The molecular formula is C25H25F2N3O4. The Morgan fingerprint density at radius 3 is 2.59 bits per heavy atom. The summed E-state index contributed by atoms with van der Waals surface area (Å²) in [5.74, 6) is 0.349. The molecule has 1 aromatic heterocycles. The number of carbonyl (C=O) groups excluding carboxylic acids is 1. The van der Waals surface area contributed by atoms with Gasteiger partial charge in [-0.15, -0.1) is 0 Å². The smallest absolute Gasteiger partial charge is 0.389 e. The van der Waals surface area contributed by atoms with Gasteiger partial charge < -0.3 is 19.5 Å². The highest BCUT2D eigenvalue weighted by atomic mass is 19.3. The molecule has 0 radical (unpaired) electrons. The fraction of sp³-hybridized carbons (Fsp3) is 0.320. The second-order valence-corrected chi connectivity index (χ2v) is 8.04. The third-order valence-electron chi connectivity index (χ3n) is 5.70. The van der Waals surface area contributed by atoms with Crippen LogP contribution in [-0.4, -0.2) is 29.2 Å². The summed E-state index contributed by atoms with van der Waals surface area (Å²) < 4.78 is 40.4. The van der Waals surface area contributed by atoms with E-state index in [1.807, 2.05) is 43.3 Å². The molecule has 0 aliphatic carbocycles. The molecule has 7 nitrogen and oxygen atoms in total. The lowest BCUT2D eigenvalue weighted by molar-refractivity contribution is -0.147. The Balaban J connectivity index is 1.53. The predicted octanol–water partition coefficient (Wildman–Crippen LogP) is 5.28. The number of anilines is 1. The topological polar surface area (TPSA) is 82.6 Å². The number of aryl methyl sites for hydroxylation is 2. The highest BCUT2D eigenvalue weighted by Gasteiger charge is 2.27. The number of carbonyl (C=O) groups is 1. The van der Waals surface area contributed by atoms with Gasteiger partial charge in [-0.3, -0.25) is 4.79 Å². The fourth-order valence-corrected chi connectivity index (χ4v) is 4.14. The maximum atomic E-state index is 12.6. The number of fused-ring (bicyclic) bond motifs is 1. The van der Waals surface area contributed by atoms with Gasteiger partial charge >= 0.3 is 18.6 Å². The quantitative estimate of drug-likeness (QED) is 0.472. The lowest BCUT2D eigenvalue weighted by Crippen LogP contribution is -2.09. The Labute approximate surface area is 196 Å². The average Bonchev–Trinajstić information content (AvgIpc) is 3.14. The van der Waals surface area contributed by atoms with E-state index in [2.05, 4.69) is 20.0 Å². The summed E-state index contributed by atoms with van der Waals surface area (Å²) in [7, 11) is 0. The van der Waals surface area contributed by atoms with Crippen molar-refractivity contribution >= 4 is 11.7 Å². The molecule has 34 heavy (non-hydrogen) atoms. The van der Waals surface area contributed by atoms with Gasteiger partial charge in [0, 0.05) is 36.3 Å². The molecule has 0 bridgehead atoms. The van der Waals surface area contributed by atoms with Crippen molar-refractivity contribution < 1.29 is 27.8 Å². The minimum Gasteiger partial charge on any atom is -0.489 e. The monoisotopic (exact) mass is 469 g/mol. The summed E-state index contributed by atoms with van der Waals surface area (Å²) in [6, 6.07) is 11.3. The molecule has 178 valence electrons. The van der Waals surface area contributed by atoms with Crippen LogP contribution in [0, 0.1) is 20.8 Å². The molecule has 1 atom stereocenters. The van der Waals surface area contributed by atoms with Crippen LogP contribution in [0.1, 0.15) is 41.1 Å². The molecule has 0 saturated heterocycles. The second-order valence-electron chi connectivity index (χ2n) is 8.04. The van der Waals surface area contributed by atoms with Crippen molar-refractivity contribution in [3.63, 3.8) is 0 Å². The number of benzene rings is 2. The van der Waals surface area contributed by atoms with Crippen molar-refractivity contribution in [2.24, 2.45) is 0 Å². The summed E-state index contributed by atoms with van der Waals surface area (Å²) in [4.78, 5) is 19.5. The highest BCUT2D eigenvalue weighted by molar-refractivity contribution is 5.72. The predicted molar refractivity (Wildman–Crippen MR) is 122 cm³/mol. The molecule has 9 heteroatoms. The van der Waals surface area contributed by atoms with E-state index in [0.717, 1.165) is 33.5 Å². The van der Waals surface area contributed by atoms with Gasteiger partial charge in [-0.25, -0.2) is 0 Å². The number of alkyl halides is 2. The van der Waals surface area contributed by atoms with Gasteiger partial charge in [0.2, 0.25) is 0 Å². The Hall–Kier alpha value is -3.75. The molecule has 1 aliphatic heterocycles. The molecule has 3 aromatic rings. The summed E-state index contributed by atoms with van der Waals surface area (Å²) in [6.07, 6.45) is -0.383. The van der Waals surface area contributed by atoms with Crippen LogP contribution >= 0.6 is 0 Å². The summed E-state index contributed by atoms with van der Waals surface area (Å²) >= 11 is 0. The van der Waals surface area contributed by atoms with E-state index in [1.165, 1.54) is 6.92 Å². The van der Waals surface area contributed by atoms with Gasteiger partial charge in [0.25, 0.3) is 0 Å². The first kappa shape index (κ1) is 23.4.